The molecule has 0 N–H and O–H groups in total. The Morgan fingerprint density at radius 3 is 2.96 bits per heavy atom. The molecular formula is C18H16ClN3O. The summed E-state index contributed by atoms with van der Waals surface area (Å²) in [4.78, 5) is 14.2. The number of rotatable bonds is 3. The van der Waals surface area contributed by atoms with Gasteiger partial charge in [0.2, 0.25) is 0 Å². The molecule has 1 aromatic heterocycles. The topological polar surface area (TPSA) is 46.7 Å². The molecule has 5 heteroatoms. The minimum atomic E-state index is -0.612. The second-order valence-electron chi connectivity index (χ2n) is 5.75. The number of hydrogen-bond donors (Lipinski definition) is 0. The summed E-state index contributed by atoms with van der Waals surface area (Å²) < 4.78 is 2.01. The van der Waals surface area contributed by atoms with Crippen LogP contribution in [0.25, 0.3) is 28.8 Å². The van der Waals surface area contributed by atoms with Crippen LogP contribution in [0.1, 0.15) is 19.4 Å². The molecule has 0 radical (unpaired) electrons. The molecule has 4 nitrogen and oxygen atoms in total. The van der Waals surface area contributed by atoms with Gasteiger partial charge in [0.25, 0.3) is 0 Å². The summed E-state index contributed by atoms with van der Waals surface area (Å²) in [5, 5.41) is 4.73. The van der Waals surface area contributed by atoms with Gasteiger partial charge in [0.15, 0.2) is 0 Å². The molecule has 0 amide bonds. The fourth-order valence-corrected chi connectivity index (χ4v) is 2.94. The van der Waals surface area contributed by atoms with E-state index < -0.39 is 4.87 Å². The quantitative estimate of drug-likeness (QED) is 0.625. The van der Waals surface area contributed by atoms with Crippen LogP contribution in [0, 0.1) is 4.91 Å². The number of nitrogens with zero attached hydrogens (tertiary/aromatic N) is 3. The Morgan fingerprint density at radius 2 is 2.26 bits per heavy atom. The molecule has 1 unspecified atom stereocenters. The molecule has 1 aromatic carbocycles. The number of halogens is 1. The van der Waals surface area contributed by atoms with Gasteiger partial charge in [-0.25, -0.2) is 4.99 Å². The van der Waals surface area contributed by atoms with Gasteiger partial charge in [0, 0.05) is 22.5 Å². The van der Waals surface area contributed by atoms with Gasteiger partial charge < -0.3 is 0 Å². The molecule has 0 spiro atoms. The van der Waals surface area contributed by atoms with Crippen molar-refractivity contribution in [1.82, 2.24) is 4.57 Å². The largest absolute Gasteiger partial charge is 0.299 e. The SMILES string of the molecule is C=C(C)n1c2c(c3cc(C=CN=O)ccc31)=CC(C)(Cl)C=CN=2. The van der Waals surface area contributed by atoms with E-state index >= 15 is 0 Å². The molecular weight excluding hydrogens is 310 g/mol. The van der Waals surface area contributed by atoms with E-state index in [1.54, 1.807) is 12.3 Å². The molecule has 0 saturated heterocycles. The van der Waals surface area contributed by atoms with Gasteiger partial charge in [0.1, 0.15) is 5.49 Å². The van der Waals surface area contributed by atoms with Crippen LogP contribution >= 0.6 is 11.6 Å². The standard InChI is InChI=1S/C18H16ClN3O/c1-12(2)22-16-5-4-13(6-8-21-23)10-14(16)15-11-18(3,19)7-9-20-17(15)22/h4-11H,1H2,2-3H3. The van der Waals surface area contributed by atoms with Crippen molar-refractivity contribution < 1.29 is 0 Å². The van der Waals surface area contributed by atoms with Gasteiger partial charge in [-0.3, -0.25) is 4.57 Å². The lowest BCUT2D eigenvalue weighted by molar-refractivity contribution is 1.03. The monoisotopic (exact) mass is 325 g/mol. The molecule has 0 aliphatic carbocycles. The van der Waals surface area contributed by atoms with E-state index in [0.717, 1.165) is 32.9 Å². The minimum Gasteiger partial charge on any atom is -0.299 e. The predicted octanol–water partition coefficient (Wildman–Crippen LogP) is 3.79. The normalized spacial score (nSPS) is 20.0. The van der Waals surface area contributed by atoms with Crippen molar-refractivity contribution in [1.29, 1.82) is 0 Å². The first kappa shape index (κ1) is 15.4. The molecule has 2 aromatic rings. The van der Waals surface area contributed by atoms with E-state index in [1.807, 2.05) is 48.8 Å². The molecule has 1 atom stereocenters. The smallest absolute Gasteiger partial charge is 0.144 e. The highest BCUT2D eigenvalue weighted by atomic mass is 35.5. The maximum absolute atomic E-state index is 10.3. The first-order valence-corrected chi connectivity index (χ1v) is 7.57. The van der Waals surface area contributed by atoms with Gasteiger partial charge in [-0.05, 0) is 54.9 Å². The van der Waals surface area contributed by atoms with Crippen LogP contribution in [0.3, 0.4) is 0 Å². The number of nitroso groups, excluding NO2 is 1. The maximum Gasteiger partial charge on any atom is 0.144 e. The third-order valence-electron chi connectivity index (χ3n) is 3.74. The van der Waals surface area contributed by atoms with E-state index in [1.165, 1.54) is 6.20 Å². The second kappa shape index (κ2) is 5.63. The Kier molecular flexibility index (Phi) is 3.78. The Balaban J connectivity index is 2.47. The van der Waals surface area contributed by atoms with Crippen LogP contribution in [-0.4, -0.2) is 9.44 Å². The van der Waals surface area contributed by atoms with Crippen LogP contribution < -0.4 is 10.7 Å². The Bertz CT molecular complexity index is 993. The highest BCUT2D eigenvalue weighted by Gasteiger charge is 2.18. The molecule has 1 aliphatic rings. The molecule has 3 rings (SSSR count). The fraction of sp³-hybridized carbons (Fsp3) is 0.167. The van der Waals surface area contributed by atoms with Crippen molar-refractivity contribution in [3.05, 3.63) is 64.4 Å². The summed E-state index contributed by atoms with van der Waals surface area (Å²) in [6.07, 6.45) is 8.47. The van der Waals surface area contributed by atoms with Crippen molar-refractivity contribution in [2.45, 2.75) is 18.7 Å². The van der Waals surface area contributed by atoms with Crippen molar-refractivity contribution in [2.75, 3.05) is 0 Å². The Labute approximate surface area is 138 Å². The number of allylic oxidation sites excluding steroid dienone is 2. The van der Waals surface area contributed by atoms with Gasteiger partial charge in [0.05, 0.1) is 16.6 Å². The zero-order valence-corrected chi connectivity index (χ0v) is 13.7. The van der Waals surface area contributed by atoms with Crippen LogP contribution in [0.15, 0.2) is 53.4 Å². The predicted molar refractivity (Wildman–Crippen MR) is 96.4 cm³/mol. The Morgan fingerprint density at radius 1 is 1.48 bits per heavy atom. The number of aromatic nitrogens is 1. The van der Waals surface area contributed by atoms with Crippen molar-refractivity contribution >= 4 is 40.4 Å². The third kappa shape index (κ3) is 2.78. The first-order valence-electron chi connectivity index (χ1n) is 7.20. The highest BCUT2D eigenvalue weighted by molar-refractivity contribution is 6.28. The molecule has 0 saturated carbocycles. The summed E-state index contributed by atoms with van der Waals surface area (Å²) in [6, 6.07) is 5.92. The van der Waals surface area contributed by atoms with Crippen molar-refractivity contribution in [3.63, 3.8) is 0 Å². The first-order chi connectivity index (χ1) is 10.9. The number of fused-ring (bicyclic) bond motifs is 3. The third-order valence-corrected chi connectivity index (χ3v) is 3.97. The highest BCUT2D eigenvalue weighted by Crippen LogP contribution is 2.21. The van der Waals surface area contributed by atoms with E-state index in [0.29, 0.717) is 0 Å². The average molecular weight is 326 g/mol. The molecule has 1 aliphatic heterocycles. The molecule has 0 fully saturated rings. The lowest BCUT2D eigenvalue weighted by atomic mass is 10.1. The molecule has 116 valence electrons. The molecule has 23 heavy (non-hydrogen) atoms. The zero-order valence-electron chi connectivity index (χ0n) is 13.0. The van der Waals surface area contributed by atoms with Crippen molar-refractivity contribution in [3.8, 4) is 0 Å². The lowest BCUT2D eigenvalue weighted by Crippen LogP contribution is -2.30. The number of hydrogen-bond acceptors (Lipinski definition) is 3. The Hall–Kier alpha value is -2.46. The second-order valence-corrected chi connectivity index (χ2v) is 6.56. The van der Waals surface area contributed by atoms with E-state index in [9.17, 15) is 4.91 Å². The number of benzene rings is 1. The number of alkyl halides is 1. The summed E-state index contributed by atoms with van der Waals surface area (Å²) in [5.74, 6) is 0. The summed E-state index contributed by atoms with van der Waals surface area (Å²) in [5.41, 5.74) is 3.57. The van der Waals surface area contributed by atoms with Crippen LogP contribution in [-0.2, 0) is 0 Å². The summed E-state index contributed by atoms with van der Waals surface area (Å²) in [6.45, 7) is 7.91. The summed E-state index contributed by atoms with van der Waals surface area (Å²) in [7, 11) is 0. The van der Waals surface area contributed by atoms with Crippen LogP contribution in [0.4, 0.5) is 0 Å². The lowest BCUT2D eigenvalue weighted by Gasteiger charge is -2.09. The van der Waals surface area contributed by atoms with Gasteiger partial charge >= 0.3 is 0 Å². The molecule has 0 bridgehead atoms. The van der Waals surface area contributed by atoms with E-state index in [-0.39, 0.29) is 0 Å². The van der Waals surface area contributed by atoms with Crippen LogP contribution in [0.5, 0.6) is 0 Å². The van der Waals surface area contributed by atoms with Crippen LogP contribution in [0.2, 0.25) is 0 Å². The van der Waals surface area contributed by atoms with E-state index in [2.05, 4.69) is 16.7 Å². The zero-order chi connectivity index (χ0) is 16.6. The minimum absolute atomic E-state index is 0.612. The average Bonchev–Trinajstić information content (AvgIpc) is 2.68. The fourth-order valence-electron chi connectivity index (χ4n) is 2.78. The molecule has 2 heterocycles. The maximum atomic E-state index is 10.3. The van der Waals surface area contributed by atoms with Gasteiger partial charge in [-0.15, -0.1) is 16.5 Å². The van der Waals surface area contributed by atoms with Gasteiger partial charge in [-0.1, -0.05) is 12.6 Å². The van der Waals surface area contributed by atoms with E-state index in [4.69, 9.17) is 11.6 Å². The van der Waals surface area contributed by atoms with Crippen molar-refractivity contribution in [2.24, 2.45) is 10.2 Å². The van der Waals surface area contributed by atoms with Gasteiger partial charge in [-0.2, -0.15) is 0 Å². The summed E-state index contributed by atoms with van der Waals surface area (Å²) >= 11 is 6.51.